The van der Waals surface area contributed by atoms with Crippen molar-refractivity contribution in [1.82, 2.24) is 9.78 Å². The minimum Gasteiger partial charge on any atom is -0.485 e. The number of aryl methyl sites for hydroxylation is 2. The van der Waals surface area contributed by atoms with Gasteiger partial charge in [0.25, 0.3) is 5.91 Å². The van der Waals surface area contributed by atoms with Gasteiger partial charge in [-0.05, 0) is 67.4 Å². The van der Waals surface area contributed by atoms with Crippen LogP contribution in [-0.4, -0.2) is 15.7 Å². The molecule has 2 aromatic heterocycles. The summed E-state index contributed by atoms with van der Waals surface area (Å²) in [6.07, 6.45) is 0. The van der Waals surface area contributed by atoms with Crippen molar-refractivity contribution in [2.24, 2.45) is 0 Å². The number of rotatable bonds is 7. The lowest BCUT2D eigenvalue weighted by molar-refractivity contribution is 0.0992. The van der Waals surface area contributed by atoms with Crippen molar-refractivity contribution in [2.45, 2.75) is 27.0 Å². The average Bonchev–Trinajstić information content (AvgIpc) is 3.37. The first-order chi connectivity index (χ1) is 15.8. The molecule has 170 valence electrons. The van der Waals surface area contributed by atoms with E-state index >= 15 is 0 Å². The standard InChI is InChI=1S/C24H20Cl3N3O3/c1-14-9-17(25)4-7-21(14)32-13-18-5-8-22(33-18)24(31)28-23-10-15(2)30(29-23)12-16-3-6-19(26)20(27)11-16/h3-11H,12-13H2,1-2H3,(H,28,29,31). The quantitative estimate of drug-likeness (QED) is 0.296. The second-order valence-electron chi connectivity index (χ2n) is 7.50. The zero-order valence-corrected chi connectivity index (χ0v) is 20.1. The van der Waals surface area contributed by atoms with E-state index in [1.165, 1.54) is 0 Å². The second kappa shape index (κ2) is 9.91. The van der Waals surface area contributed by atoms with E-state index in [9.17, 15) is 4.79 Å². The molecule has 0 unspecified atom stereocenters. The molecule has 2 heterocycles. The molecule has 2 aromatic carbocycles. The predicted molar refractivity (Wildman–Crippen MR) is 130 cm³/mol. The maximum atomic E-state index is 12.6. The topological polar surface area (TPSA) is 69.3 Å². The summed E-state index contributed by atoms with van der Waals surface area (Å²) in [5, 5.41) is 8.84. The first-order valence-electron chi connectivity index (χ1n) is 10.1. The molecule has 0 aliphatic heterocycles. The highest BCUT2D eigenvalue weighted by atomic mass is 35.5. The van der Waals surface area contributed by atoms with Gasteiger partial charge in [-0.25, -0.2) is 0 Å². The molecule has 6 nitrogen and oxygen atoms in total. The number of aromatic nitrogens is 2. The normalized spacial score (nSPS) is 10.9. The van der Waals surface area contributed by atoms with Crippen molar-refractivity contribution in [3.63, 3.8) is 0 Å². The summed E-state index contributed by atoms with van der Waals surface area (Å²) in [4.78, 5) is 12.6. The lowest BCUT2D eigenvalue weighted by atomic mass is 10.2. The number of anilines is 1. The molecule has 0 saturated heterocycles. The van der Waals surface area contributed by atoms with E-state index in [4.69, 9.17) is 44.0 Å². The third-order valence-corrected chi connectivity index (χ3v) is 5.91. The fraction of sp³-hybridized carbons (Fsp3) is 0.167. The van der Waals surface area contributed by atoms with E-state index < -0.39 is 5.91 Å². The van der Waals surface area contributed by atoms with E-state index in [0.717, 1.165) is 16.8 Å². The van der Waals surface area contributed by atoms with Crippen molar-refractivity contribution in [3.8, 4) is 5.75 Å². The highest BCUT2D eigenvalue weighted by Gasteiger charge is 2.15. The highest BCUT2D eigenvalue weighted by molar-refractivity contribution is 6.42. The molecule has 0 aliphatic carbocycles. The number of hydrogen-bond acceptors (Lipinski definition) is 4. The van der Waals surface area contributed by atoms with Crippen LogP contribution in [0.1, 0.15) is 33.1 Å². The van der Waals surface area contributed by atoms with Gasteiger partial charge in [0.15, 0.2) is 11.6 Å². The van der Waals surface area contributed by atoms with E-state index in [1.54, 1.807) is 47.1 Å². The summed E-state index contributed by atoms with van der Waals surface area (Å²) < 4.78 is 13.2. The summed E-state index contributed by atoms with van der Waals surface area (Å²) in [7, 11) is 0. The van der Waals surface area contributed by atoms with E-state index in [0.29, 0.717) is 38.9 Å². The van der Waals surface area contributed by atoms with Crippen molar-refractivity contribution >= 4 is 46.5 Å². The van der Waals surface area contributed by atoms with Crippen LogP contribution in [0.5, 0.6) is 5.75 Å². The van der Waals surface area contributed by atoms with Crippen molar-refractivity contribution in [3.05, 3.63) is 98.0 Å². The number of furan rings is 1. The molecular formula is C24H20Cl3N3O3. The number of carbonyl (C=O) groups is 1. The summed E-state index contributed by atoms with van der Waals surface area (Å²) in [5.74, 6) is 1.41. The Kier molecular flexibility index (Phi) is 6.98. The first kappa shape index (κ1) is 23.2. The number of halogens is 3. The summed E-state index contributed by atoms with van der Waals surface area (Å²) in [6, 6.07) is 15.9. The van der Waals surface area contributed by atoms with Gasteiger partial charge < -0.3 is 14.5 Å². The van der Waals surface area contributed by atoms with Gasteiger partial charge in [-0.15, -0.1) is 0 Å². The maximum Gasteiger partial charge on any atom is 0.292 e. The van der Waals surface area contributed by atoms with Crippen molar-refractivity contribution in [2.75, 3.05) is 5.32 Å². The lowest BCUT2D eigenvalue weighted by Crippen LogP contribution is -2.12. The second-order valence-corrected chi connectivity index (χ2v) is 8.75. The monoisotopic (exact) mass is 503 g/mol. The summed E-state index contributed by atoms with van der Waals surface area (Å²) in [5.41, 5.74) is 2.74. The molecule has 1 N–H and O–H groups in total. The highest BCUT2D eigenvalue weighted by Crippen LogP contribution is 2.24. The van der Waals surface area contributed by atoms with Gasteiger partial charge >= 0.3 is 0 Å². The number of amides is 1. The largest absolute Gasteiger partial charge is 0.485 e. The molecule has 0 atom stereocenters. The third kappa shape index (κ3) is 5.71. The molecule has 4 aromatic rings. The van der Waals surface area contributed by atoms with Gasteiger partial charge in [0.2, 0.25) is 0 Å². The predicted octanol–water partition coefficient (Wildman–Crippen LogP) is 6.93. The van der Waals surface area contributed by atoms with Gasteiger partial charge in [0.05, 0.1) is 16.6 Å². The van der Waals surface area contributed by atoms with Gasteiger partial charge in [-0.1, -0.05) is 40.9 Å². The summed E-state index contributed by atoms with van der Waals surface area (Å²) >= 11 is 18.0. The Balaban J connectivity index is 1.38. The molecule has 0 aliphatic rings. The maximum absolute atomic E-state index is 12.6. The fourth-order valence-electron chi connectivity index (χ4n) is 3.22. The van der Waals surface area contributed by atoms with Crippen LogP contribution in [-0.2, 0) is 13.2 Å². The van der Waals surface area contributed by atoms with Crippen LogP contribution in [0.15, 0.2) is 59.0 Å². The van der Waals surface area contributed by atoms with Gasteiger partial charge in [0, 0.05) is 16.8 Å². The Hall–Kier alpha value is -2.93. The molecule has 0 fully saturated rings. The Labute approximate surface area is 206 Å². The van der Waals surface area contributed by atoms with Gasteiger partial charge in [-0.2, -0.15) is 5.10 Å². The van der Waals surface area contributed by atoms with Crippen LogP contribution >= 0.6 is 34.8 Å². The fourth-order valence-corrected chi connectivity index (χ4v) is 3.77. The lowest BCUT2D eigenvalue weighted by Gasteiger charge is -2.07. The molecular weight excluding hydrogens is 485 g/mol. The Morgan fingerprint density at radius 1 is 1.03 bits per heavy atom. The molecule has 0 bridgehead atoms. The van der Waals surface area contributed by atoms with Crippen molar-refractivity contribution in [1.29, 1.82) is 0 Å². The third-order valence-electron chi connectivity index (χ3n) is 4.93. The van der Waals surface area contributed by atoms with E-state index in [1.807, 2.05) is 26.0 Å². The SMILES string of the molecule is Cc1cc(Cl)ccc1OCc1ccc(C(=O)Nc2cc(C)n(Cc3ccc(Cl)c(Cl)c3)n2)o1. The van der Waals surface area contributed by atoms with Crippen LogP contribution in [0.4, 0.5) is 5.82 Å². The summed E-state index contributed by atoms with van der Waals surface area (Å²) in [6.45, 7) is 4.49. The Morgan fingerprint density at radius 2 is 1.85 bits per heavy atom. The number of hydrogen-bond donors (Lipinski definition) is 1. The number of benzene rings is 2. The van der Waals surface area contributed by atoms with Crippen molar-refractivity contribution < 1.29 is 13.9 Å². The van der Waals surface area contributed by atoms with Crippen LogP contribution in [0.3, 0.4) is 0 Å². The smallest absolute Gasteiger partial charge is 0.292 e. The molecule has 0 radical (unpaired) electrons. The number of nitrogens with one attached hydrogen (secondary N) is 1. The molecule has 0 spiro atoms. The minimum atomic E-state index is -0.400. The zero-order valence-electron chi connectivity index (χ0n) is 17.9. The molecule has 0 saturated carbocycles. The molecule has 4 rings (SSSR count). The van der Waals surface area contributed by atoms with Crippen LogP contribution in [0.25, 0.3) is 0 Å². The van der Waals surface area contributed by atoms with E-state index in [2.05, 4.69) is 10.4 Å². The average molecular weight is 505 g/mol. The Bertz CT molecular complexity index is 1310. The van der Waals surface area contributed by atoms with Gasteiger partial charge in [0.1, 0.15) is 18.1 Å². The molecule has 33 heavy (non-hydrogen) atoms. The van der Waals surface area contributed by atoms with Crippen LogP contribution in [0, 0.1) is 13.8 Å². The first-order valence-corrected chi connectivity index (χ1v) is 11.2. The van der Waals surface area contributed by atoms with Crippen LogP contribution < -0.4 is 10.1 Å². The Morgan fingerprint density at radius 3 is 2.61 bits per heavy atom. The van der Waals surface area contributed by atoms with Crippen LogP contribution in [0.2, 0.25) is 15.1 Å². The minimum absolute atomic E-state index is 0.165. The number of carbonyl (C=O) groups excluding carboxylic acids is 1. The zero-order chi connectivity index (χ0) is 23.5. The number of nitrogens with zero attached hydrogens (tertiary/aromatic N) is 2. The number of ether oxygens (including phenoxy) is 1. The molecule has 9 heteroatoms. The van der Waals surface area contributed by atoms with E-state index in [-0.39, 0.29) is 12.4 Å². The molecule has 1 amide bonds. The van der Waals surface area contributed by atoms with Gasteiger partial charge in [-0.3, -0.25) is 9.48 Å².